The molecule has 1 heteroatoms. The first kappa shape index (κ1) is 7.64. The molecule has 0 aromatic rings. The maximum Gasteiger partial charge on any atom is 0.0954 e. The molecule has 0 aromatic carbocycles. The lowest BCUT2D eigenvalue weighted by Gasteiger charge is -2.10. The minimum Gasteiger partial charge on any atom is -0.496 e. The molecule has 58 valence electrons. The van der Waals surface area contributed by atoms with Crippen LogP contribution in [-0.2, 0) is 4.74 Å². The van der Waals surface area contributed by atoms with Crippen LogP contribution in [0.5, 0.6) is 0 Å². The van der Waals surface area contributed by atoms with Crippen molar-refractivity contribution in [3.05, 3.63) is 11.8 Å². The fourth-order valence-electron chi connectivity index (χ4n) is 1.40. The van der Waals surface area contributed by atoms with E-state index in [2.05, 4.69) is 19.9 Å². The lowest BCUT2D eigenvalue weighted by Crippen LogP contribution is -2.03. The van der Waals surface area contributed by atoms with Crippen LogP contribution < -0.4 is 0 Å². The predicted molar refractivity (Wildman–Crippen MR) is 42.7 cm³/mol. The van der Waals surface area contributed by atoms with Gasteiger partial charge in [-0.2, -0.15) is 0 Å². The Morgan fingerprint density at radius 1 is 1.40 bits per heavy atom. The highest BCUT2D eigenvalue weighted by atomic mass is 16.5. The minimum absolute atomic E-state index is 0.418. The van der Waals surface area contributed by atoms with Gasteiger partial charge in [0.05, 0.1) is 11.9 Å². The van der Waals surface area contributed by atoms with Crippen LogP contribution in [-0.4, -0.2) is 6.10 Å². The van der Waals surface area contributed by atoms with Crippen LogP contribution in [0.1, 0.15) is 33.6 Å². The summed E-state index contributed by atoms with van der Waals surface area (Å²) in [4.78, 5) is 0. The van der Waals surface area contributed by atoms with E-state index in [1.165, 1.54) is 12.8 Å². The van der Waals surface area contributed by atoms with Crippen LogP contribution in [0.15, 0.2) is 11.8 Å². The largest absolute Gasteiger partial charge is 0.496 e. The van der Waals surface area contributed by atoms with Crippen LogP contribution in [0.4, 0.5) is 0 Å². The maximum atomic E-state index is 5.54. The van der Waals surface area contributed by atoms with Gasteiger partial charge in [0.2, 0.25) is 0 Å². The summed E-state index contributed by atoms with van der Waals surface area (Å²) < 4.78 is 5.54. The molecule has 2 unspecified atom stereocenters. The first-order chi connectivity index (χ1) is 4.68. The molecule has 0 N–H and O–H groups in total. The monoisotopic (exact) mass is 140 g/mol. The zero-order valence-electron chi connectivity index (χ0n) is 7.05. The van der Waals surface area contributed by atoms with E-state index in [0.717, 1.165) is 5.76 Å². The van der Waals surface area contributed by atoms with Crippen molar-refractivity contribution in [2.75, 3.05) is 0 Å². The number of rotatable bonds is 0. The van der Waals surface area contributed by atoms with Crippen LogP contribution in [0.25, 0.3) is 0 Å². The van der Waals surface area contributed by atoms with Crippen molar-refractivity contribution in [1.29, 1.82) is 0 Å². The molecule has 0 aromatic heterocycles. The summed E-state index contributed by atoms with van der Waals surface area (Å²) in [6.45, 7) is 6.42. The van der Waals surface area contributed by atoms with Gasteiger partial charge < -0.3 is 4.74 Å². The third kappa shape index (κ3) is 2.05. The normalized spacial score (nSPS) is 34.1. The van der Waals surface area contributed by atoms with Crippen molar-refractivity contribution in [3.8, 4) is 0 Å². The highest BCUT2D eigenvalue weighted by Crippen LogP contribution is 2.19. The van der Waals surface area contributed by atoms with Gasteiger partial charge in [-0.1, -0.05) is 6.92 Å². The molecule has 0 bridgehead atoms. The number of allylic oxidation sites excluding steroid dienone is 2. The summed E-state index contributed by atoms with van der Waals surface area (Å²) in [5.41, 5.74) is 0. The van der Waals surface area contributed by atoms with Crippen LogP contribution >= 0.6 is 0 Å². The quantitative estimate of drug-likeness (QED) is 0.502. The van der Waals surface area contributed by atoms with Crippen molar-refractivity contribution in [3.63, 3.8) is 0 Å². The van der Waals surface area contributed by atoms with E-state index < -0.39 is 0 Å². The molecule has 0 amide bonds. The third-order valence-electron chi connectivity index (χ3n) is 1.93. The first-order valence-electron chi connectivity index (χ1n) is 4.03. The summed E-state index contributed by atoms with van der Waals surface area (Å²) in [7, 11) is 0. The van der Waals surface area contributed by atoms with Gasteiger partial charge in [0.15, 0.2) is 0 Å². The molecule has 0 fully saturated rings. The zero-order valence-corrected chi connectivity index (χ0v) is 7.05. The number of hydrogen-bond donors (Lipinski definition) is 0. The van der Waals surface area contributed by atoms with Crippen molar-refractivity contribution in [2.24, 2.45) is 5.92 Å². The average molecular weight is 140 g/mol. The Labute approximate surface area is 63.1 Å². The molecule has 1 aliphatic heterocycles. The van der Waals surface area contributed by atoms with E-state index in [1.807, 2.05) is 6.92 Å². The molecule has 2 atom stereocenters. The molecule has 0 saturated carbocycles. The van der Waals surface area contributed by atoms with E-state index in [4.69, 9.17) is 4.74 Å². The molecule has 1 nitrogen and oxygen atoms in total. The molecule has 1 rings (SSSR count). The Hall–Kier alpha value is -0.460. The van der Waals surface area contributed by atoms with Gasteiger partial charge >= 0.3 is 0 Å². The summed E-state index contributed by atoms with van der Waals surface area (Å²) >= 11 is 0. The van der Waals surface area contributed by atoms with Gasteiger partial charge in [0, 0.05) is 0 Å². The fraction of sp³-hybridized carbons (Fsp3) is 0.778. The molecule has 1 aliphatic rings. The molecular weight excluding hydrogens is 124 g/mol. The van der Waals surface area contributed by atoms with Crippen LogP contribution in [0.2, 0.25) is 0 Å². The van der Waals surface area contributed by atoms with E-state index in [0.29, 0.717) is 12.0 Å². The van der Waals surface area contributed by atoms with Gasteiger partial charge in [0.1, 0.15) is 0 Å². The van der Waals surface area contributed by atoms with Gasteiger partial charge in [-0.15, -0.1) is 0 Å². The maximum absolute atomic E-state index is 5.54. The SMILES string of the molecule is CC1=CC(C)CCC(C)O1. The molecule has 0 radical (unpaired) electrons. The highest BCUT2D eigenvalue weighted by Gasteiger charge is 2.10. The summed E-state index contributed by atoms with van der Waals surface area (Å²) in [5, 5.41) is 0. The Morgan fingerprint density at radius 2 is 2.10 bits per heavy atom. The first-order valence-corrected chi connectivity index (χ1v) is 4.03. The minimum atomic E-state index is 0.418. The Kier molecular flexibility index (Phi) is 2.36. The second kappa shape index (κ2) is 3.09. The molecule has 0 spiro atoms. The van der Waals surface area contributed by atoms with Crippen molar-refractivity contribution >= 4 is 0 Å². The van der Waals surface area contributed by atoms with Gasteiger partial charge in [0.25, 0.3) is 0 Å². The smallest absolute Gasteiger partial charge is 0.0954 e. The average Bonchev–Trinajstić information content (AvgIpc) is 1.93. The Balaban J connectivity index is 2.55. The molecule has 0 saturated heterocycles. The Bertz CT molecular complexity index is 138. The second-order valence-electron chi connectivity index (χ2n) is 3.26. The summed E-state index contributed by atoms with van der Waals surface area (Å²) in [5.74, 6) is 1.79. The molecule has 0 aliphatic carbocycles. The highest BCUT2D eigenvalue weighted by molar-refractivity contribution is 4.95. The van der Waals surface area contributed by atoms with Crippen LogP contribution in [0, 0.1) is 5.92 Å². The van der Waals surface area contributed by atoms with Crippen molar-refractivity contribution in [2.45, 2.75) is 39.7 Å². The van der Waals surface area contributed by atoms with E-state index in [-0.39, 0.29) is 0 Å². The standard InChI is InChI=1S/C9H16O/c1-7-4-5-8(2)10-9(3)6-7/h6-8H,4-5H2,1-3H3. The Morgan fingerprint density at radius 3 is 2.80 bits per heavy atom. The lowest BCUT2D eigenvalue weighted by molar-refractivity contribution is 0.129. The van der Waals surface area contributed by atoms with Gasteiger partial charge in [-0.25, -0.2) is 0 Å². The zero-order chi connectivity index (χ0) is 7.56. The molecular formula is C9H16O. The van der Waals surface area contributed by atoms with Crippen molar-refractivity contribution in [1.82, 2.24) is 0 Å². The lowest BCUT2D eigenvalue weighted by atomic mass is 10.0. The second-order valence-corrected chi connectivity index (χ2v) is 3.26. The fourth-order valence-corrected chi connectivity index (χ4v) is 1.40. The van der Waals surface area contributed by atoms with E-state index in [9.17, 15) is 0 Å². The summed E-state index contributed by atoms with van der Waals surface area (Å²) in [6, 6.07) is 0. The van der Waals surface area contributed by atoms with Crippen LogP contribution in [0.3, 0.4) is 0 Å². The van der Waals surface area contributed by atoms with E-state index in [1.54, 1.807) is 0 Å². The van der Waals surface area contributed by atoms with Gasteiger partial charge in [-0.3, -0.25) is 0 Å². The number of hydrogen-bond acceptors (Lipinski definition) is 1. The summed E-state index contributed by atoms with van der Waals surface area (Å²) in [6.07, 6.45) is 5.08. The topological polar surface area (TPSA) is 9.23 Å². The van der Waals surface area contributed by atoms with Gasteiger partial charge in [-0.05, 0) is 38.7 Å². The molecule has 10 heavy (non-hydrogen) atoms. The van der Waals surface area contributed by atoms with E-state index >= 15 is 0 Å². The predicted octanol–water partition coefficient (Wildman–Crippen LogP) is 2.73. The molecule has 1 heterocycles. The third-order valence-corrected chi connectivity index (χ3v) is 1.93. The number of ether oxygens (including phenoxy) is 1. The van der Waals surface area contributed by atoms with Crippen molar-refractivity contribution < 1.29 is 4.74 Å².